The SMILES string of the molecule is COc1ncc(C2=C[C@@H](C)CCC2)c2sc(N)nc12. The molecule has 3 rings (SSSR count). The van der Waals surface area contributed by atoms with Gasteiger partial charge in [0.15, 0.2) is 5.13 Å². The van der Waals surface area contributed by atoms with E-state index in [1.165, 1.54) is 29.8 Å². The number of nitrogen functional groups attached to an aromatic ring is 1. The molecule has 0 fully saturated rings. The fraction of sp³-hybridized carbons (Fsp3) is 0.429. The summed E-state index contributed by atoms with van der Waals surface area (Å²) in [5.41, 5.74) is 9.15. The third-order valence-corrected chi connectivity index (χ3v) is 4.45. The van der Waals surface area contributed by atoms with Gasteiger partial charge in [-0.05, 0) is 30.8 Å². The van der Waals surface area contributed by atoms with E-state index in [4.69, 9.17) is 10.5 Å². The van der Waals surface area contributed by atoms with Crippen LogP contribution in [0.5, 0.6) is 5.88 Å². The Bertz CT molecular complexity index is 647. The van der Waals surface area contributed by atoms with Crippen molar-refractivity contribution < 1.29 is 4.74 Å². The average Bonchev–Trinajstić information content (AvgIpc) is 2.78. The number of hydrogen-bond donors (Lipinski definition) is 1. The topological polar surface area (TPSA) is 61.0 Å². The third-order valence-electron chi connectivity index (χ3n) is 3.53. The molecular weight excluding hydrogens is 258 g/mol. The van der Waals surface area contributed by atoms with Gasteiger partial charge >= 0.3 is 0 Å². The molecule has 1 aliphatic carbocycles. The van der Waals surface area contributed by atoms with Crippen molar-refractivity contribution >= 4 is 32.3 Å². The fourth-order valence-electron chi connectivity index (χ4n) is 2.63. The Morgan fingerprint density at radius 1 is 1.47 bits per heavy atom. The van der Waals surface area contributed by atoms with Gasteiger partial charge in [0.1, 0.15) is 5.52 Å². The number of methoxy groups -OCH3 is 1. The molecule has 100 valence electrons. The molecule has 2 N–H and O–H groups in total. The highest BCUT2D eigenvalue weighted by atomic mass is 32.1. The summed E-state index contributed by atoms with van der Waals surface area (Å²) >= 11 is 1.51. The van der Waals surface area contributed by atoms with Crippen molar-refractivity contribution in [2.24, 2.45) is 5.92 Å². The molecule has 0 saturated heterocycles. The Hall–Kier alpha value is -1.62. The van der Waals surface area contributed by atoms with Gasteiger partial charge in [-0.25, -0.2) is 9.97 Å². The van der Waals surface area contributed by atoms with Crippen LogP contribution in [0.3, 0.4) is 0 Å². The van der Waals surface area contributed by atoms with E-state index < -0.39 is 0 Å². The maximum atomic E-state index is 5.84. The highest BCUT2D eigenvalue weighted by Gasteiger charge is 2.18. The number of aromatic nitrogens is 2. The summed E-state index contributed by atoms with van der Waals surface area (Å²) < 4.78 is 6.35. The van der Waals surface area contributed by atoms with E-state index in [1.807, 2.05) is 6.20 Å². The van der Waals surface area contributed by atoms with Crippen LogP contribution in [0.25, 0.3) is 15.8 Å². The van der Waals surface area contributed by atoms with E-state index in [0.29, 0.717) is 16.9 Å². The molecule has 4 nitrogen and oxygen atoms in total. The van der Waals surface area contributed by atoms with Crippen LogP contribution >= 0.6 is 11.3 Å². The molecule has 0 unspecified atom stereocenters. The number of pyridine rings is 1. The number of anilines is 1. The molecule has 0 amide bonds. The second kappa shape index (κ2) is 4.81. The van der Waals surface area contributed by atoms with E-state index in [9.17, 15) is 0 Å². The molecule has 0 bridgehead atoms. The van der Waals surface area contributed by atoms with E-state index in [1.54, 1.807) is 7.11 Å². The minimum absolute atomic E-state index is 0.552. The number of fused-ring (bicyclic) bond motifs is 1. The zero-order valence-corrected chi connectivity index (χ0v) is 12.0. The molecule has 19 heavy (non-hydrogen) atoms. The summed E-state index contributed by atoms with van der Waals surface area (Å²) in [5.74, 6) is 1.18. The largest absolute Gasteiger partial charge is 0.479 e. The first-order chi connectivity index (χ1) is 9.19. The minimum atomic E-state index is 0.552. The van der Waals surface area contributed by atoms with E-state index >= 15 is 0 Å². The number of ether oxygens (including phenoxy) is 1. The van der Waals surface area contributed by atoms with Crippen molar-refractivity contribution in [1.82, 2.24) is 9.97 Å². The second-order valence-corrected chi connectivity index (χ2v) is 6.00. The number of rotatable bonds is 2. The molecular formula is C14H17N3OS. The van der Waals surface area contributed by atoms with Gasteiger partial charge in [-0.2, -0.15) is 0 Å². The highest BCUT2D eigenvalue weighted by Crippen LogP contribution is 2.38. The molecule has 2 aromatic rings. The molecule has 5 heteroatoms. The van der Waals surface area contributed by atoms with Crippen molar-refractivity contribution in [3.8, 4) is 5.88 Å². The summed E-state index contributed by atoms with van der Waals surface area (Å²) in [6.07, 6.45) is 7.84. The van der Waals surface area contributed by atoms with Crippen molar-refractivity contribution in [2.45, 2.75) is 26.2 Å². The molecule has 2 heterocycles. The normalized spacial score (nSPS) is 19.5. The molecule has 0 aromatic carbocycles. The van der Waals surface area contributed by atoms with Gasteiger partial charge in [0.2, 0.25) is 5.88 Å². The van der Waals surface area contributed by atoms with E-state index in [2.05, 4.69) is 23.0 Å². The lowest BCUT2D eigenvalue weighted by molar-refractivity contribution is 0.402. The van der Waals surface area contributed by atoms with Crippen LogP contribution in [0, 0.1) is 5.92 Å². The molecule has 2 aromatic heterocycles. The lowest BCUT2D eigenvalue weighted by Crippen LogP contribution is -2.01. The van der Waals surface area contributed by atoms with Crippen LogP contribution in [-0.2, 0) is 0 Å². The molecule has 0 aliphatic heterocycles. The predicted molar refractivity (Wildman–Crippen MR) is 79.4 cm³/mol. The van der Waals surface area contributed by atoms with Crippen molar-refractivity contribution in [3.05, 3.63) is 17.8 Å². The lowest BCUT2D eigenvalue weighted by atomic mass is 9.89. The molecule has 0 radical (unpaired) electrons. The number of thiazole rings is 1. The van der Waals surface area contributed by atoms with Gasteiger partial charge in [0.25, 0.3) is 0 Å². The zero-order valence-electron chi connectivity index (χ0n) is 11.1. The predicted octanol–water partition coefficient (Wildman–Crippen LogP) is 3.49. The summed E-state index contributed by atoms with van der Waals surface area (Å²) in [5, 5.41) is 0.562. The average molecular weight is 275 g/mol. The quantitative estimate of drug-likeness (QED) is 0.911. The first-order valence-corrected chi connectivity index (χ1v) is 7.30. The Morgan fingerprint density at radius 3 is 3.05 bits per heavy atom. The third kappa shape index (κ3) is 2.18. The van der Waals surface area contributed by atoms with Gasteiger partial charge in [0.05, 0.1) is 11.8 Å². The smallest absolute Gasteiger partial charge is 0.241 e. The lowest BCUT2D eigenvalue weighted by Gasteiger charge is -2.18. The van der Waals surface area contributed by atoms with Crippen LogP contribution in [0.4, 0.5) is 5.13 Å². The van der Waals surface area contributed by atoms with E-state index in [-0.39, 0.29) is 0 Å². The van der Waals surface area contributed by atoms with Gasteiger partial charge in [0, 0.05) is 11.8 Å². The molecule has 1 aliphatic rings. The monoisotopic (exact) mass is 275 g/mol. The van der Waals surface area contributed by atoms with Gasteiger partial charge in [-0.3, -0.25) is 0 Å². The van der Waals surface area contributed by atoms with Crippen molar-refractivity contribution in [2.75, 3.05) is 12.8 Å². The van der Waals surface area contributed by atoms with Crippen molar-refractivity contribution in [3.63, 3.8) is 0 Å². The summed E-state index contributed by atoms with van der Waals surface area (Å²) in [6, 6.07) is 0. The first kappa shape index (κ1) is 12.4. The Balaban J connectivity index is 2.19. The fourth-order valence-corrected chi connectivity index (χ4v) is 3.50. The van der Waals surface area contributed by atoms with Crippen LogP contribution < -0.4 is 10.5 Å². The van der Waals surface area contributed by atoms with Gasteiger partial charge in [-0.1, -0.05) is 24.3 Å². The van der Waals surface area contributed by atoms with Crippen LogP contribution in [0.15, 0.2) is 12.3 Å². The summed E-state index contributed by atoms with van der Waals surface area (Å²) in [7, 11) is 1.61. The number of nitrogens with two attached hydrogens (primary N) is 1. The van der Waals surface area contributed by atoms with Gasteiger partial charge < -0.3 is 10.5 Å². The summed E-state index contributed by atoms with van der Waals surface area (Å²) in [4.78, 5) is 8.70. The maximum absolute atomic E-state index is 5.84. The number of hydrogen-bond acceptors (Lipinski definition) is 5. The Kier molecular flexibility index (Phi) is 3.14. The Morgan fingerprint density at radius 2 is 2.32 bits per heavy atom. The minimum Gasteiger partial charge on any atom is -0.479 e. The number of allylic oxidation sites excluding steroid dienone is 2. The summed E-state index contributed by atoms with van der Waals surface area (Å²) in [6.45, 7) is 2.26. The Labute approximate surface area is 116 Å². The zero-order chi connectivity index (χ0) is 13.4. The molecule has 0 saturated carbocycles. The van der Waals surface area contributed by atoms with Crippen LogP contribution in [0.1, 0.15) is 31.7 Å². The van der Waals surface area contributed by atoms with Crippen molar-refractivity contribution in [1.29, 1.82) is 0 Å². The molecule has 1 atom stereocenters. The van der Waals surface area contributed by atoms with E-state index in [0.717, 1.165) is 22.2 Å². The standard InChI is InChI=1S/C14H17N3OS/c1-8-4-3-5-9(6-8)10-7-16-13(18-2)11-12(10)19-14(15)17-11/h6-8H,3-5H2,1-2H3,(H2,15,17)/t8-/m0/s1. The molecule has 0 spiro atoms. The maximum Gasteiger partial charge on any atom is 0.241 e. The highest BCUT2D eigenvalue weighted by molar-refractivity contribution is 7.22. The van der Waals surface area contributed by atoms with Crippen LogP contribution in [0.2, 0.25) is 0 Å². The van der Waals surface area contributed by atoms with Crippen LogP contribution in [-0.4, -0.2) is 17.1 Å². The van der Waals surface area contributed by atoms with Gasteiger partial charge in [-0.15, -0.1) is 0 Å². The second-order valence-electron chi connectivity index (χ2n) is 4.97. The number of nitrogens with zero attached hydrogens (tertiary/aromatic N) is 2. The first-order valence-electron chi connectivity index (χ1n) is 6.49.